The number of rotatable bonds is 2. The second-order valence-corrected chi connectivity index (χ2v) is 8.56. The molecule has 0 amide bonds. The number of ketones is 1. The van der Waals surface area contributed by atoms with Gasteiger partial charge in [0.05, 0.1) is 6.42 Å². The molecular weight excluding hydrogens is 290 g/mol. The SMILES string of the molecule is C[C@]12CCC(=O)C=C1NC[C@H]1[C@@H]3CCC[C@@]3(CC(=O)O)CC[C@@H]12. The van der Waals surface area contributed by atoms with Crippen molar-refractivity contribution < 1.29 is 14.7 Å². The predicted octanol–water partition coefficient (Wildman–Crippen LogP) is 3.13. The van der Waals surface area contributed by atoms with Crippen molar-refractivity contribution >= 4 is 11.8 Å². The summed E-state index contributed by atoms with van der Waals surface area (Å²) in [5.41, 5.74) is 1.28. The summed E-state index contributed by atoms with van der Waals surface area (Å²) in [6.07, 6.45) is 9.43. The molecule has 2 saturated carbocycles. The Kier molecular flexibility index (Phi) is 3.37. The van der Waals surface area contributed by atoms with Crippen LogP contribution < -0.4 is 5.32 Å². The van der Waals surface area contributed by atoms with Gasteiger partial charge in [0.15, 0.2) is 5.78 Å². The van der Waals surface area contributed by atoms with Crippen LogP contribution in [0, 0.1) is 28.6 Å². The van der Waals surface area contributed by atoms with Gasteiger partial charge in [-0.25, -0.2) is 0 Å². The molecule has 5 atom stereocenters. The van der Waals surface area contributed by atoms with Crippen LogP contribution in [0.4, 0.5) is 0 Å². The third-order valence-electron chi connectivity index (χ3n) is 7.62. The molecule has 0 bridgehead atoms. The average Bonchev–Trinajstić information content (AvgIpc) is 2.90. The van der Waals surface area contributed by atoms with Crippen LogP contribution in [0.15, 0.2) is 11.8 Å². The molecule has 4 nitrogen and oxygen atoms in total. The zero-order chi connectivity index (χ0) is 16.2. The summed E-state index contributed by atoms with van der Waals surface area (Å²) in [6.45, 7) is 3.25. The number of allylic oxidation sites excluding steroid dienone is 2. The Morgan fingerprint density at radius 2 is 2.13 bits per heavy atom. The summed E-state index contributed by atoms with van der Waals surface area (Å²) in [7, 11) is 0. The zero-order valence-corrected chi connectivity index (χ0v) is 13.9. The summed E-state index contributed by atoms with van der Waals surface area (Å²) >= 11 is 0. The number of carbonyl (C=O) groups excluding carboxylic acids is 1. The molecule has 1 saturated heterocycles. The van der Waals surface area contributed by atoms with Gasteiger partial charge in [0.1, 0.15) is 0 Å². The number of carbonyl (C=O) groups is 2. The molecule has 0 spiro atoms. The van der Waals surface area contributed by atoms with Gasteiger partial charge >= 0.3 is 5.97 Å². The van der Waals surface area contributed by atoms with Gasteiger partial charge in [-0.15, -0.1) is 0 Å². The minimum absolute atomic E-state index is 0.0384. The van der Waals surface area contributed by atoms with Crippen molar-refractivity contribution in [1.82, 2.24) is 5.32 Å². The van der Waals surface area contributed by atoms with E-state index >= 15 is 0 Å². The third-order valence-corrected chi connectivity index (χ3v) is 7.62. The number of nitrogens with one attached hydrogen (secondary N) is 1. The molecule has 1 heterocycles. The van der Waals surface area contributed by atoms with E-state index in [2.05, 4.69) is 12.2 Å². The lowest BCUT2D eigenvalue weighted by molar-refractivity contribution is -0.143. The molecule has 3 fully saturated rings. The van der Waals surface area contributed by atoms with E-state index in [1.807, 2.05) is 6.08 Å². The quantitative estimate of drug-likeness (QED) is 0.821. The van der Waals surface area contributed by atoms with Crippen molar-refractivity contribution in [2.75, 3.05) is 6.54 Å². The normalized spacial score (nSPS) is 45.3. The molecule has 0 radical (unpaired) electrons. The minimum atomic E-state index is -0.630. The van der Waals surface area contributed by atoms with Crippen molar-refractivity contribution in [1.29, 1.82) is 0 Å². The summed E-state index contributed by atoms with van der Waals surface area (Å²) in [6, 6.07) is 0. The molecule has 3 aliphatic carbocycles. The van der Waals surface area contributed by atoms with E-state index in [-0.39, 0.29) is 16.6 Å². The Bertz CT molecular complexity index is 583. The Labute approximate surface area is 137 Å². The van der Waals surface area contributed by atoms with Crippen molar-refractivity contribution in [2.24, 2.45) is 28.6 Å². The zero-order valence-electron chi connectivity index (χ0n) is 13.9. The highest BCUT2D eigenvalue weighted by Gasteiger charge is 2.58. The van der Waals surface area contributed by atoms with Crippen LogP contribution in [0.1, 0.15) is 58.3 Å². The third kappa shape index (κ3) is 2.17. The molecule has 126 valence electrons. The van der Waals surface area contributed by atoms with Crippen LogP contribution in [-0.2, 0) is 9.59 Å². The Hall–Kier alpha value is -1.32. The van der Waals surface area contributed by atoms with Crippen LogP contribution in [0.25, 0.3) is 0 Å². The van der Waals surface area contributed by atoms with Crippen molar-refractivity contribution in [3.05, 3.63) is 11.8 Å². The Morgan fingerprint density at radius 3 is 2.91 bits per heavy atom. The molecule has 1 aliphatic heterocycles. The van der Waals surface area contributed by atoms with Gasteiger partial charge in [-0.05, 0) is 55.3 Å². The molecule has 0 aromatic rings. The fraction of sp³-hybridized carbons (Fsp3) is 0.789. The lowest BCUT2D eigenvalue weighted by atomic mass is 9.50. The highest BCUT2D eigenvalue weighted by atomic mass is 16.4. The van der Waals surface area contributed by atoms with Gasteiger partial charge in [0.25, 0.3) is 0 Å². The van der Waals surface area contributed by atoms with Crippen LogP contribution in [0.5, 0.6) is 0 Å². The number of hydrogen-bond acceptors (Lipinski definition) is 3. The molecule has 2 N–H and O–H groups in total. The van der Waals surface area contributed by atoms with Crippen LogP contribution in [-0.4, -0.2) is 23.4 Å². The lowest BCUT2D eigenvalue weighted by Gasteiger charge is -2.57. The molecule has 4 rings (SSSR count). The van der Waals surface area contributed by atoms with Gasteiger partial charge in [-0.2, -0.15) is 0 Å². The maximum atomic E-state index is 11.8. The summed E-state index contributed by atoms with van der Waals surface area (Å²) in [5, 5.41) is 13.0. The van der Waals surface area contributed by atoms with E-state index in [4.69, 9.17) is 0 Å². The van der Waals surface area contributed by atoms with Gasteiger partial charge in [-0.1, -0.05) is 13.3 Å². The second kappa shape index (κ2) is 5.09. The molecule has 23 heavy (non-hydrogen) atoms. The highest BCUT2D eigenvalue weighted by molar-refractivity contribution is 5.91. The molecular formula is C19H27NO3. The number of aliphatic carboxylic acids is 1. The van der Waals surface area contributed by atoms with Gasteiger partial charge in [-0.3, -0.25) is 9.59 Å². The number of fused-ring (bicyclic) bond motifs is 5. The Morgan fingerprint density at radius 1 is 1.30 bits per heavy atom. The molecule has 4 heteroatoms. The number of carboxylic acid groups (broad SMARTS) is 1. The fourth-order valence-corrected chi connectivity index (χ4v) is 6.55. The monoisotopic (exact) mass is 317 g/mol. The van der Waals surface area contributed by atoms with E-state index in [9.17, 15) is 14.7 Å². The molecule has 0 unspecified atom stereocenters. The largest absolute Gasteiger partial charge is 0.481 e. The topological polar surface area (TPSA) is 66.4 Å². The number of hydrogen-bond donors (Lipinski definition) is 2. The van der Waals surface area contributed by atoms with E-state index < -0.39 is 5.97 Å². The number of piperidine rings is 1. The van der Waals surface area contributed by atoms with E-state index in [0.29, 0.717) is 30.6 Å². The van der Waals surface area contributed by atoms with Gasteiger partial charge in [0, 0.05) is 30.2 Å². The number of carboxylic acids is 1. The standard InChI is InChI=1S/C19H27NO3/c1-18-7-4-12(21)9-16(18)20-11-13-14(18)5-8-19(10-17(22)23)6-2-3-15(13)19/h9,13-15,20H,2-8,10-11H2,1H3,(H,22,23)/t13-,14+,15+,18-,19+/m1/s1. The van der Waals surface area contributed by atoms with Gasteiger partial charge in [0.2, 0.25) is 0 Å². The molecule has 0 aromatic carbocycles. The predicted molar refractivity (Wildman–Crippen MR) is 86.7 cm³/mol. The fourth-order valence-electron chi connectivity index (χ4n) is 6.55. The maximum Gasteiger partial charge on any atom is 0.303 e. The first-order chi connectivity index (χ1) is 10.9. The van der Waals surface area contributed by atoms with Crippen molar-refractivity contribution in [2.45, 2.75) is 58.3 Å². The highest BCUT2D eigenvalue weighted by Crippen LogP contribution is 2.63. The van der Waals surface area contributed by atoms with Gasteiger partial charge < -0.3 is 10.4 Å². The average molecular weight is 317 g/mol. The van der Waals surface area contributed by atoms with Crippen LogP contribution in [0.3, 0.4) is 0 Å². The van der Waals surface area contributed by atoms with Crippen LogP contribution in [0.2, 0.25) is 0 Å². The van der Waals surface area contributed by atoms with E-state index in [1.54, 1.807) is 0 Å². The minimum Gasteiger partial charge on any atom is -0.481 e. The maximum absolute atomic E-state index is 11.8. The van der Waals surface area contributed by atoms with Crippen LogP contribution >= 0.6 is 0 Å². The van der Waals surface area contributed by atoms with Crippen molar-refractivity contribution in [3.8, 4) is 0 Å². The summed E-state index contributed by atoms with van der Waals surface area (Å²) in [4.78, 5) is 23.2. The van der Waals surface area contributed by atoms with E-state index in [0.717, 1.165) is 37.9 Å². The molecule has 4 aliphatic rings. The second-order valence-electron chi connectivity index (χ2n) is 8.56. The first-order valence-electron chi connectivity index (χ1n) is 9.15. The summed E-state index contributed by atoms with van der Waals surface area (Å²) < 4.78 is 0. The lowest BCUT2D eigenvalue weighted by Crippen LogP contribution is -2.56. The summed E-state index contributed by atoms with van der Waals surface area (Å²) in [5.74, 6) is 1.34. The smallest absolute Gasteiger partial charge is 0.303 e. The van der Waals surface area contributed by atoms with Crippen molar-refractivity contribution in [3.63, 3.8) is 0 Å². The van der Waals surface area contributed by atoms with E-state index in [1.165, 1.54) is 12.8 Å². The molecule has 0 aromatic heterocycles. The Balaban J connectivity index is 1.66. The first-order valence-corrected chi connectivity index (χ1v) is 9.15. The first kappa shape index (κ1) is 15.2.